The van der Waals surface area contributed by atoms with Crippen molar-refractivity contribution in [1.29, 1.82) is 0 Å². The van der Waals surface area contributed by atoms with Gasteiger partial charge in [0.05, 0.1) is 34.3 Å². The van der Waals surface area contributed by atoms with Gasteiger partial charge in [-0.2, -0.15) is 13.2 Å². The zero-order chi connectivity index (χ0) is 29.6. The molecule has 1 aromatic heterocycles. The van der Waals surface area contributed by atoms with Gasteiger partial charge in [0.2, 0.25) is 5.91 Å². The third-order valence-corrected chi connectivity index (χ3v) is 7.04. The van der Waals surface area contributed by atoms with Crippen molar-refractivity contribution in [2.75, 3.05) is 17.7 Å². The molecule has 0 unspecified atom stereocenters. The fraction of sp³-hybridized carbons (Fsp3) is 0.154. The van der Waals surface area contributed by atoms with Gasteiger partial charge >= 0.3 is 6.18 Å². The lowest BCUT2D eigenvalue weighted by atomic mass is 10.2. The topological polar surface area (TPSA) is 98.1 Å². The lowest BCUT2D eigenvalue weighted by Gasteiger charge is -2.13. The summed E-state index contributed by atoms with van der Waals surface area (Å²) >= 11 is 19.0. The standard InChI is InChI=1S/C26H19Cl3F3N5O3S/c27-16-5-7-19(8-6-16)40-13-23(38)33-12-22-35-36-25(37(22)18-3-1-2-17(28)11-18)41-14-24(39)34-21-10-15(26(30,31)32)4-9-20(21)29/h1-11H,12-14H2,(H,33,38)(H,34,39). The second kappa shape index (κ2) is 13.5. The maximum atomic E-state index is 13.1. The van der Waals surface area contributed by atoms with Crippen molar-refractivity contribution < 1.29 is 27.5 Å². The number of carbonyl (C=O) groups excluding carboxylic acids is 2. The van der Waals surface area contributed by atoms with Crippen molar-refractivity contribution in [1.82, 2.24) is 20.1 Å². The first-order valence-electron chi connectivity index (χ1n) is 11.6. The number of nitrogens with one attached hydrogen (secondary N) is 2. The van der Waals surface area contributed by atoms with Crippen molar-refractivity contribution in [3.63, 3.8) is 0 Å². The molecule has 0 atom stereocenters. The maximum Gasteiger partial charge on any atom is 0.416 e. The van der Waals surface area contributed by atoms with Crippen molar-refractivity contribution in [3.05, 3.63) is 93.2 Å². The van der Waals surface area contributed by atoms with Crippen molar-refractivity contribution >= 4 is 64.1 Å². The number of ether oxygens (including phenoxy) is 1. The van der Waals surface area contributed by atoms with E-state index in [4.69, 9.17) is 39.5 Å². The molecular formula is C26H19Cl3F3N5O3S. The molecule has 4 aromatic rings. The first-order chi connectivity index (χ1) is 19.5. The number of rotatable bonds is 10. The number of halogens is 6. The van der Waals surface area contributed by atoms with Gasteiger partial charge in [0.1, 0.15) is 5.75 Å². The Morgan fingerprint density at radius 2 is 1.68 bits per heavy atom. The first-order valence-corrected chi connectivity index (χ1v) is 13.8. The van der Waals surface area contributed by atoms with E-state index in [-0.39, 0.29) is 34.8 Å². The lowest BCUT2D eigenvalue weighted by Crippen LogP contribution is -2.29. The van der Waals surface area contributed by atoms with E-state index in [1.54, 1.807) is 53.1 Å². The number of amides is 2. The van der Waals surface area contributed by atoms with Gasteiger partial charge < -0.3 is 15.4 Å². The van der Waals surface area contributed by atoms with Crippen LogP contribution in [0.1, 0.15) is 11.4 Å². The molecule has 0 aliphatic carbocycles. The molecule has 0 aliphatic rings. The van der Waals surface area contributed by atoms with E-state index in [1.807, 2.05) is 0 Å². The fourth-order valence-corrected chi connectivity index (χ4v) is 4.65. The Labute approximate surface area is 251 Å². The Morgan fingerprint density at radius 3 is 2.39 bits per heavy atom. The monoisotopic (exact) mass is 643 g/mol. The number of carbonyl (C=O) groups is 2. The molecule has 0 radical (unpaired) electrons. The molecule has 0 bridgehead atoms. The zero-order valence-corrected chi connectivity index (χ0v) is 23.8. The summed E-state index contributed by atoms with van der Waals surface area (Å²) in [4.78, 5) is 25.0. The molecule has 0 spiro atoms. The summed E-state index contributed by atoms with van der Waals surface area (Å²) in [5, 5.41) is 14.5. The average Bonchev–Trinajstić information content (AvgIpc) is 3.34. The highest BCUT2D eigenvalue weighted by Gasteiger charge is 2.31. The van der Waals surface area contributed by atoms with Crippen molar-refractivity contribution in [2.45, 2.75) is 17.9 Å². The van der Waals surface area contributed by atoms with Crippen LogP contribution in [-0.2, 0) is 22.3 Å². The highest BCUT2D eigenvalue weighted by molar-refractivity contribution is 7.99. The number of benzene rings is 3. The molecule has 0 fully saturated rings. The minimum atomic E-state index is -4.60. The molecule has 0 saturated carbocycles. The predicted octanol–water partition coefficient (Wildman–Crippen LogP) is 6.67. The Morgan fingerprint density at radius 1 is 0.927 bits per heavy atom. The summed E-state index contributed by atoms with van der Waals surface area (Å²) in [7, 11) is 0. The Kier molecular flexibility index (Phi) is 10.0. The predicted molar refractivity (Wildman–Crippen MR) is 151 cm³/mol. The first kappa shape index (κ1) is 30.5. The van der Waals surface area contributed by atoms with Crippen LogP contribution in [0, 0.1) is 0 Å². The molecule has 8 nitrogen and oxygen atoms in total. The lowest BCUT2D eigenvalue weighted by molar-refractivity contribution is -0.137. The summed E-state index contributed by atoms with van der Waals surface area (Å²) in [6.45, 7) is -0.290. The molecular weight excluding hydrogens is 626 g/mol. The van der Waals surface area contributed by atoms with Gasteiger partial charge in [0.25, 0.3) is 5.91 Å². The van der Waals surface area contributed by atoms with Gasteiger partial charge in [-0.3, -0.25) is 14.2 Å². The van der Waals surface area contributed by atoms with Crippen LogP contribution in [0.15, 0.2) is 71.9 Å². The van der Waals surface area contributed by atoms with Crippen LogP contribution >= 0.6 is 46.6 Å². The molecule has 4 rings (SSSR count). The molecule has 0 aliphatic heterocycles. The van der Waals surface area contributed by atoms with Crippen molar-refractivity contribution in [3.8, 4) is 11.4 Å². The summed E-state index contributed by atoms with van der Waals surface area (Å²) in [5.41, 5.74) is -0.559. The van der Waals surface area contributed by atoms with Gasteiger partial charge in [-0.25, -0.2) is 0 Å². The van der Waals surface area contributed by atoms with Gasteiger partial charge in [-0.05, 0) is 60.7 Å². The molecule has 41 heavy (non-hydrogen) atoms. The number of nitrogens with zero attached hydrogens (tertiary/aromatic N) is 3. The number of hydrogen-bond acceptors (Lipinski definition) is 6. The maximum absolute atomic E-state index is 13.1. The smallest absolute Gasteiger partial charge is 0.416 e. The summed E-state index contributed by atoms with van der Waals surface area (Å²) < 4.78 is 46.2. The van der Waals surface area contributed by atoms with Crippen LogP contribution in [0.5, 0.6) is 5.75 Å². The zero-order valence-electron chi connectivity index (χ0n) is 20.7. The SMILES string of the molecule is O=C(COc1ccc(Cl)cc1)NCc1nnc(SCC(=O)Nc2cc(C(F)(F)F)ccc2Cl)n1-c1cccc(Cl)c1. The van der Waals surface area contributed by atoms with E-state index in [9.17, 15) is 22.8 Å². The summed E-state index contributed by atoms with van der Waals surface area (Å²) in [5.74, 6) is -0.476. The molecule has 1 heterocycles. The van der Waals surface area contributed by atoms with Crippen LogP contribution in [0.4, 0.5) is 18.9 Å². The Bertz CT molecular complexity index is 1550. The molecule has 3 aromatic carbocycles. The van der Waals surface area contributed by atoms with E-state index in [1.165, 1.54) is 0 Å². The van der Waals surface area contributed by atoms with Crippen molar-refractivity contribution in [2.24, 2.45) is 0 Å². The molecule has 2 N–H and O–H groups in total. The fourth-order valence-electron chi connectivity index (χ4n) is 3.40. The number of thioether (sulfide) groups is 1. The summed E-state index contributed by atoms with van der Waals surface area (Å²) in [6.07, 6.45) is -4.60. The van der Waals surface area contributed by atoms with Gasteiger partial charge in [0.15, 0.2) is 17.6 Å². The van der Waals surface area contributed by atoms with E-state index in [2.05, 4.69) is 20.8 Å². The quantitative estimate of drug-likeness (QED) is 0.187. The van der Waals surface area contributed by atoms with E-state index >= 15 is 0 Å². The van der Waals surface area contributed by atoms with Crippen LogP contribution in [0.2, 0.25) is 15.1 Å². The van der Waals surface area contributed by atoms with Crippen LogP contribution in [0.25, 0.3) is 5.69 Å². The van der Waals surface area contributed by atoms with Gasteiger partial charge in [-0.15, -0.1) is 10.2 Å². The number of anilines is 1. The molecule has 0 saturated heterocycles. The highest BCUT2D eigenvalue weighted by atomic mass is 35.5. The molecule has 15 heteroatoms. The van der Waals surface area contributed by atoms with Gasteiger partial charge in [-0.1, -0.05) is 52.6 Å². The second-order valence-corrected chi connectivity index (χ2v) is 10.5. The highest BCUT2D eigenvalue weighted by Crippen LogP contribution is 2.34. The Balaban J connectivity index is 1.44. The number of alkyl halides is 3. The minimum absolute atomic E-state index is 0.0328. The third-order valence-electron chi connectivity index (χ3n) is 5.29. The normalized spacial score (nSPS) is 11.3. The number of hydrogen-bond donors (Lipinski definition) is 2. The van der Waals surface area contributed by atoms with Crippen LogP contribution < -0.4 is 15.4 Å². The number of aromatic nitrogens is 3. The van der Waals surface area contributed by atoms with E-state index in [0.717, 1.165) is 30.0 Å². The van der Waals surface area contributed by atoms with Crippen LogP contribution in [-0.4, -0.2) is 38.9 Å². The molecule has 2 amide bonds. The van der Waals surface area contributed by atoms with Gasteiger partial charge in [0, 0.05) is 10.0 Å². The summed E-state index contributed by atoms with van der Waals surface area (Å²) in [6, 6.07) is 15.9. The third kappa shape index (κ3) is 8.52. The van der Waals surface area contributed by atoms with E-state index in [0.29, 0.717) is 27.3 Å². The largest absolute Gasteiger partial charge is 0.484 e. The minimum Gasteiger partial charge on any atom is -0.484 e. The Hall–Kier alpha value is -3.45. The second-order valence-electron chi connectivity index (χ2n) is 8.26. The average molecular weight is 645 g/mol. The molecule has 214 valence electrons. The van der Waals surface area contributed by atoms with E-state index < -0.39 is 23.6 Å². The van der Waals surface area contributed by atoms with Crippen LogP contribution in [0.3, 0.4) is 0 Å².